The highest BCUT2D eigenvalue weighted by molar-refractivity contribution is 5.98. The Morgan fingerprint density at radius 1 is 1.37 bits per heavy atom. The van der Waals surface area contributed by atoms with E-state index in [2.05, 4.69) is 42.4 Å². The van der Waals surface area contributed by atoms with E-state index in [9.17, 15) is 4.79 Å². The van der Waals surface area contributed by atoms with Crippen molar-refractivity contribution in [1.82, 2.24) is 14.3 Å². The Bertz CT molecular complexity index is 611. The van der Waals surface area contributed by atoms with E-state index in [1.165, 1.54) is 5.56 Å². The quantitative estimate of drug-likeness (QED) is 0.850. The molecule has 0 spiro atoms. The number of nitrogens with zero attached hydrogens (tertiary/aromatic N) is 3. The van der Waals surface area contributed by atoms with Gasteiger partial charge in [-0.05, 0) is 18.1 Å². The van der Waals surface area contributed by atoms with Gasteiger partial charge in [0.15, 0.2) is 5.69 Å². The first-order valence-corrected chi connectivity index (χ1v) is 6.68. The first-order valence-electron chi connectivity index (χ1n) is 6.68. The third kappa shape index (κ3) is 2.35. The van der Waals surface area contributed by atoms with Crippen molar-refractivity contribution in [3.8, 4) is 0 Å². The van der Waals surface area contributed by atoms with Crippen molar-refractivity contribution in [3.63, 3.8) is 0 Å². The predicted molar refractivity (Wildman–Crippen MR) is 76.7 cm³/mol. The number of aryl methyl sites for hydroxylation is 1. The predicted octanol–water partition coefficient (Wildman–Crippen LogP) is 2.72. The largest absolute Gasteiger partial charge is 0.343 e. The maximum absolute atomic E-state index is 12.2. The van der Waals surface area contributed by atoms with Crippen molar-refractivity contribution >= 4 is 11.4 Å². The zero-order chi connectivity index (χ0) is 14.2. The van der Waals surface area contributed by atoms with E-state index in [1.54, 1.807) is 19.0 Å². The van der Waals surface area contributed by atoms with Crippen LogP contribution in [0.15, 0.2) is 18.3 Å². The summed E-state index contributed by atoms with van der Waals surface area (Å²) in [5.41, 5.74) is 2.67. The number of carbonyl (C=O) groups excluding carboxylic acids is 1. The molecular weight excluding hydrogens is 238 g/mol. The maximum atomic E-state index is 12.2. The van der Waals surface area contributed by atoms with Gasteiger partial charge < -0.3 is 9.30 Å². The fraction of sp³-hybridized carbons (Fsp3) is 0.467. The van der Waals surface area contributed by atoms with Crippen LogP contribution in [0.2, 0.25) is 0 Å². The summed E-state index contributed by atoms with van der Waals surface area (Å²) < 4.78 is 2.06. The second-order valence-corrected chi connectivity index (χ2v) is 5.32. The minimum atomic E-state index is -0.0475. The first-order chi connectivity index (χ1) is 8.95. The molecule has 2 heterocycles. The molecule has 0 unspecified atom stereocenters. The number of hydrogen-bond acceptors (Lipinski definition) is 2. The number of aromatic nitrogens is 2. The van der Waals surface area contributed by atoms with Gasteiger partial charge in [0.1, 0.15) is 5.82 Å². The number of rotatable bonds is 3. The van der Waals surface area contributed by atoms with Crippen molar-refractivity contribution in [3.05, 3.63) is 35.4 Å². The first kappa shape index (κ1) is 13.6. The summed E-state index contributed by atoms with van der Waals surface area (Å²) in [6.45, 7) is 6.31. The van der Waals surface area contributed by atoms with E-state index in [0.29, 0.717) is 5.69 Å². The molecule has 0 aliphatic rings. The van der Waals surface area contributed by atoms with Crippen LogP contribution in [0.1, 0.15) is 48.6 Å². The fourth-order valence-electron chi connectivity index (χ4n) is 2.14. The van der Waals surface area contributed by atoms with Crippen LogP contribution in [-0.2, 0) is 6.42 Å². The zero-order valence-electron chi connectivity index (χ0n) is 12.3. The number of hydrogen-bond donors (Lipinski definition) is 0. The monoisotopic (exact) mass is 259 g/mol. The zero-order valence-corrected chi connectivity index (χ0v) is 12.3. The number of pyridine rings is 1. The fourth-order valence-corrected chi connectivity index (χ4v) is 2.14. The summed E-state index contributed by atoms with van der Waals surface area (Å²) in [7, 11) is 3.51. The average Bonchev–Trinajstić information content (AvgIpc) is 2.76. The van der Waals surface area contributed by atoms with Gasteiger partial charge in [0, 0.05) is 26.2 Å². The van der Waals surface area contributed by atoms with Crippen LogP contribution >= 0.6 is 0 Å². The lowest BCUT2D eigenvalue weighted by atomic mass is 10.2. The number of carbonyl (C=O) groups is 1. The molecule has 2 aromatic rings. The van der Waals surface area contributed by atoms with E-state index < -0.39 is 0 Å². The molecule has 0 N–H and O–H groups in total. The summed E-state index contributed by atoms with van der Waals surface area (Å²) in [5, 5.41) is 0. The van der Waals surface area contributed by atoms with Crippen molar-refractivity contribution in [1.29, 1.82) is 0 Å². The van der Waals surface area contributed by atoms with E-state index in [4.69, 9.17) is 0 Å². The van der Waals surface area contributed by atoms with E-state index >= 15 is 0 Å². The molecule has 0 saturated carbocycles. The van der Waals surface area contributed by atoms with Crippen LogP contribution in [0, 0.1) is 0 Å². The van der Waals surface area contributed by atoms with Crippen LogP contribution in [0.25, 0.3) is 5.52 Å². The Labute approximate surface area is 114 Å². The molecule has 0 atom stereocenters. The normalized spacial score (nSPS) is 11.3. The Morgan fingerprint density at radius 2 is 2.05 bits per heavy atom. The second-order valence-electron chi connectivity index (χ2n) is 5.32. The number of amides is 1. The number of imidazole rings is 1. The topological polar surface area (TPSA) is 37.6 Å². The molecular formula is C15H21N3O. The van der Waals surface area contributed by atoms with Gasteiger partial charge in [-0.15, -0.1) is 0 Å². The van der Waals surface area contributed by atoms with Gasteiger partial charge in [-0.2, -0.15) is 0 Å². The molecule has 4 nitrogen and oxygen atoms in total. The average molecular weight is 259 g/mol. The Hall–Kier alpha value is -1.84. The summed E-state index contributed by atoms with van der Waals surface area (Å²) in [4.78, 5) is 18.3. The smallest absolute Gasteiger partial charge is 0.274 e. The van der Waals surface area contributed by atoms with Crippen molar-refractivity contribution in [2.45, 2.75) is 33.1 Å². The summed E-state index contributed by atoms with van der Waals surface area (Å²) in [5.74, 6) is 1.17. The molecule has 19 heavy (non-hydrogen) atoms. The highest BCUT2D eigenvalue weighted by atomic mass is 16.2. The number of fused-ring (bicyclic) bond motifs is 1. The minimum Gasteiger partial charge on any atom is -0.343 e. The maximum Gasteiger partial charge on any atom is 0.274 e. The minimum absolute atomic E-state index is 0.0475. The molecule has 102 valence electrons. The lowest BCUT2D eigenvalue weighted by Crippen LogP contribution is -2.22. The molecule has 1 amide bonds. The molecule has 0 radical (unpaired) electrons. The Kier molecular flexibility index (Phi) is 3.60. The third-order valence-corrected chi connectivity index (χ3v) is 3.26. The van der Waals surface area contributed by atoms with Gasteiger partial charge in [0.2, 0.25) is 0 Å². The molecule has 4 heteroatoms. The molecule has 0 aliphatic heterocycles. The summed E-state index contributed by atoms with van der Waals surface area (Å²) in [6.07, 6.45) is 3.06. The van der Waals surface area contributed by atoms with Gasteiger partial charge in [-0.3, -0.25) is 4.79 Å². The van der Waals surface area contributed by atoms with E-state index in [1.807, 2.05) is 6.07 Å². The van der Waals surface area contributed by atoms with E-state index in [0.717, 1.165) is 17.8 Å². The van der Waals surface area contributed by atoms with Gasteiger partial charge >= 0.3 is 0 Å². The molecule has 0 saturated heterocycles. The van der Waals surface area contributed by atoms with Gasteiger partial charge in [-0.1, -0.05) is 26.8 Å². The van der Waals surface area contributed by atoms with E-state index in [-0.39, 0.29) is 11.8 Å². The second kappa shape index (κ2) is 5.03. The summed E-state index contributed by atoms with van der Waals surface area (Å²) >= 11 is 0. The highest BCUT2D eigenvalue weighted by Gasteiger charge is 2.20. The van der Waals surface area contributed by atoms with Crippen molar-refractivity contribution in [2.75, 3.05) is 14.1 Å². The molecule has 2 rings (SSSR count). The van der Waals surface area contributed by atoms with Crippen LogP contribution in [0.4, 0.5) is 0 Å². The Balaban J connectivity index is 2.70. The molecule has 0 bridgehead atoms. The highest BCUT2D eigenvalue weighted by Crippen LogP contribution is 2.21. The van der Waals surface area contributed by atoms with Crippen LogP contribution in [0.5, 0.6) is 0 Å². The SMILES string of the molecule is CCc1ccc2c(C(=O)N(C)C)nc(C(C)C)n2c1. The van der Waals surface area contributed by atoms with Crippen molar-refractivity contribution in [2.24, 2.45) is 0 Å². The lowest BCUT2D eigenvalue weighted by Gasteiger charge is -2.08. The Morgan fingerprint density at radius 3 is 2.58 bits per heavy atom. The van der Waals surface area contributed by atoms with Gasteiger partial charge in [0.25, 0.3) is 5.91 Å². The van der Waals surface area contributed by atoms with Gasteiger partial charge in [0.05, 0.1) is 5.52 Å². The van der Waals surface area contributed by atoms with Crippen LogP contribution < -0.4 is 0 Å². The lowest BCUT2D eigenvalue weighted by molar-refractivity contribution is 0.0824. The van der Waals surface area contributed by atoms with Crippen LogP contribution in [-0.4, -0.2) is 34.3 Å². The molecule has 0 fully saturated rings. The van der Waals surface area contributed by atoms with Crippen molar-refractivity contribution < 1.29 is 4.79 Å². The molecule has 2 aromatic heterocycles. The van der Waals surface area contributed by atoms with Gasteiger partial charge in [-0.25, -0.2) is 4.98 Å². The standard InChI is InChI=1S/C15H21N3O/c1-6-11-7-8-12-13(15(19)17(4)5)16-14(10(2)3)18(12)9-11/h7-10H,6H2,1-5H3. The summed E-state index contributed by atoms with van der Waals surface area (Å²) in [6, 6.07) is 4.06. The molecule has 0 aliphatic carbocycles. The third-order valence-electron chi connectivity index (χ3n) is 3.26. The van der Waals surface area contributed by atoms with Crippen LogP contribution in [0.3, 0.4) is 0 Å². The molecule has 0 aromatic carbocycles.